The Balaban J connectivity index is 1.67. The van der Waals surface area contributed by atoms with E-state index in [2.05, 4.69) is 10.6 Å². The molecular weight excluding hydrogens is 274 g/mol. The van der Waals surface area contributed by atoms with Gasteiger partial charge in [0.25, 0.3) is 0 Å². The van der Waals surface area contributed by atoms with E-state index in [1.807, 2.05) is 0 Å². The molecule has 3 rings (SSSR count). The van der Waals surface area contributed by atoms with E-state index in [1.165, 1.54) is 12.5 Å². The van der Waals surface area contributed by atoms with E-state index in [1.54, 1.807) is 0 Å². The summed E-state index contributed by atoms with van der Waals surface area (Å²) in [6, 6.07) is 3.73. The van der Waals surface area contributed by atoms with Crippen LogP contribution in [0, 0.1) is 23.0 Å². The molecule has 0 unspecified atom stereocenters. The number of halogens is 2. The van der Waals surface area contributed by atoms with Gasteiger partial charge in [0.05, 0.1) is 5.41 Å². The molecule has 5 heteroatoms. The monoisotopic (exact) mass is 294 g/mol. The molecule has 0 spiro atoms. The molecule has 114 valence electrons. The molecule has 1 aromatic carbocycles. The summed E-state index contributed by atoms with van der Waals surface area (Å²) in [5.74, 6) is -1.30. The predicted molar refractivity (Wildman–Crippen MR) is 75.5 cm³/mol. The van der Waals surface area contributed by atoms with Crippen LogP contribution in [0.4, 0.5) is 8.78 Å². The average molecular weight is 294 g/mol. The van der Waals surface area contributed by atoms with Gasteiger partial charge in [-0.1, -0.05) is 18.9 Å². The van der Waals surface area contributed by atoms with E-state index in [0.717, 1.165) is 44.5 Å². The fourth-order valence-electron chi connectivity index (χ4n) is 3.70. The second-order valence-electron chi connectivity index (χ2n) is 6.16. The summed E-state index contributed by atoms with van der Waals surface area (Å²) >= 11 is 0. The quantitative estimate of drug-likeness (QED) is 0.898. The van der Waals surface area contributed by atoms with Crippen LogP contribution in [-0.4, -0.2) is 19.0 Å². The molecule has 0 bridgehead atoms. The number of benzene rings is 1. The van der Waals surface area contributed by atoms with Crippen LogP contribution in [-0.2, 0) is 11.3 Å². The highest BCUT2D eigenvalue weighted by atomic mass is 19.2. The van der Waals surface area contributed by atoms with Crippen molar-refractivity contribution in [2.24, 2.45) is 11.3 Å². The van der Waals surface area contributed by atoms with E-state index in [0.29, 0.717) is 11.5 Å². The molecule has 0 aromatic heterocycles. The first kappa shape index (κ1) is 14.4. The van der Waals surface area contributed by atoms with Crippen LogP contribution >= 0.6 is 0 Å². The molecule has 2 aliphatic rings. The largest absolute Gasteiger partial charge is 0.351 e. The Morgan fingerprint density at radius 2 is 2.19 bits per heavy atom. The zero-order valence-corrected chi connectivity index (χ0v) is 11.9. The summed E-state index contributed by atoms with van der Waals surface area (Å²) in [5, 5.41) is 6.24. The van der Waals surface area contributed by atoms with Crippen LogP contribution in [0.2, 0.25) is 0 Å². The third-order valence-corrected chi connectivity index (χ3v) is 4.93. The van der Waals surface area contributed by atoms with Gasteiger partial charge < -0.3 is 10.6 Å². The van der Waals surface area contributed by atoms with Gasteiger partial charge in [0.15, 0.2) is 11.6 Å². The number of carbonyl (C=O) groups is 1. The molecule has 0 radical (unpaired) electrons. The summed E-state index contributed by atoms with van der Waals surface area (Å²) in [6.07, 6.45) is 4.27. The normalized spacial score (nSPS) is 28.2. The van der Waals surface area contributed by atoms with Crippen molar-refractivity contribution < 1.29 is 13.6 Å². The number of fused-ring (bicyclic) bond motifs is 1. The molecule has 21 heavy (non-hydrogen) atoms. The Bertz CT molecular complexity index is 549. The van der Waals surface area contributed by atoms with Crippen LogP contribution in [0.3, 0.4) is 0 Å². The Morgan fingerprint density at radius 3 is 3.00 bits per heavy atom. The predicted octanol–water partition coefficient (Wildman–Crippen LogP) is 2.36. The van der Waals surface area contributed by atoms with E-state index < -0.39 is 11.6 Å². The average Bonchev–Trinajstić information content (AvgIpc) is 2.93. The van der Waals surface area contributed by atoms with Gasteiger partial charge in [0.1, 0.15) is 0 Å². The number of carbonyl (C=O) groups excluding carboxylic acids is 1. The Kier molecular flexibility index (Phi) is 3.93. The molecule has 1 amide bonds. The van der Waals surface area contributed by atoms with E-state index in [-0.39, 0.29) is 17.9 Å². The molecule has 1 saturated heterocycles. The molecule has 2 fully saturated rings. The van der Waals surface area contributed by atoms with Crippen molar-refractivity contribution >= 4 is 5.91 Å². The van der Waals surface area contributed by atoms with Crippen molar-refractivity contribution in [3.8, 4) is 0 Å². The molecule has 3 nitrogen and oxygen atoms in total. The third kappa shape index (κ3) is 2.67. The van der Waals surface area contributed by atoms with Crippen LogP contribution in [0.5, 0.6) is 0 Å². The van der Waals surface area contributed by atoms with Crippen molar-refractivity contribution in [3.63, 3.8) is 0 Å². The van der Waals surface area contributed by atoms with Crippen molar-refractivity contribution in [2.45, 2.75) is 32.2 Å². The van der Waals surface area contributed by atoms with Gasteiger partial charge in [-0.3, -0.25) is 4.79 Å². The van der Waals surface area contributed by atoms with E-state index in [4.69, 9.17) is 0 Å². The van der Waals surface area contributed by atoms with Crippen molar-refractivity contribution in [1.29, 1.82) is 0 Å². The Morgan fingerprint density at radius 1 is 1.33 bits per heavy atom. The molecule has 1 aromatic rings. The van der Waals surface area contributed by atoms with Crippen LogP contribution in [0.15, 0.2) is 18.2 Å². The number of nitrogens with one attached hydrogen (secondary N) is 2. The zero-order chi connectivity index (χ0) is 14.9. The lowest BCUT2D eigenvalue weighted by molar-refractivity contribution is -0.134. The van der Waals surface area contributed by atoms with Gasteiger partial charge in [-0.2, -0.15) is 0 Å². The molecular formula is C16H20F2N2O. The van der Waals surface area contributed by atoms with Gasteiger partial charge in [-0.15, -0.1) is 0 Å². The molecule has 1 heterocycles. The van der Waals surface area contributed by atoms with E-state index in [9.17, 15) is 13.6 Å². The third-order valence-electron chi connectivity index (χ3n) is 4.93. The van der Waals surface area contributed by atoms with Crippen LogP contribution in [0.1, 0.15) is 31.2 Å². The molecule has 1 aliphatic carbocycles. The maximum absolute atomic E-state index is 13.2. The van der Waals surface area contributed by atoms with Gasteiger partial charge in [0, 0.05) is 13.1 Å². The lowest BCUT2D eigenvalue weighted by Gasteiger charge is -2.37. The SMILES string of the molecule is O=C(NCc1ccc(F)c(F)c1)[C@@]12CCCC[C@H]1CNC2. The molecule has 2 N–H and O–H groups in total. The smallest absolute Gasteiger partial charge is 0.228 e. The van der Waals surface area contributed by atoms with Gasteiger partial charge >= 0.3 is 0 Å². The molecule has 1 aliphatic heterocycles. The second kappa shape index (κ2) is 5.72. The number of hydrogen-bond acceptors (Lipinski definition) is 2. The molecule has 2 atom stereocenters. The topological polar surface area (TPSA) is 41.1 Å². The van der Waals surface area contributed by atoms with Gasteiger partial charge in [-0.05, 0) is 43.0 Å². The second-order valence-corrected chi connectivity index (χ2v) is 6.16. The minimum atomic E-state index is -0.877. The fourth-order valence-corrected chi connectivity index (χ4v) is 3.70. The highest BCUT2D eigenvalue weighted by molar-refractivity contribution is 5.83. The lowest BCUT2D eigenvalue weighted by atomic mass is 9.67. The van der Waals surface area contributed by atoms with Crippen molar-refractivity contribution in [1.82, 2.24) is 10.6 Å². The highest BCUT2D eigenvalue weighted by Gasteiger charge is 2.49. The fraction of sp³-hybridized carbons (Fsp3) is 0.562. The first-order chi connectivity index (χ1) is 10.1. The van der Waals surface area contributed by atoms with Crippen molar-refractivity contribution in [3.05, 3.63) is 35.4 Å². The maximum Gasteiger partial charge on any atom is 0.228 e. The minimum absolute atomic E-state index is 0.0435. The summed E-state index contributed by atoms with van der Waals surface area (Å²) in [7, 11) is 0. The number of rotatable bonds is 3. The van der Waals surface area contributed by atoms with Crippen molar-refractivity contribution in [2.75, 3.05) is 13.1 Å². The summed E-state index contributed by atoms with van der Waals surface area (Å²) in [4.78, 5) is 12.6. The van der Waals surface area contributed by atoms with Gasteiger partial charge in [-0.25, -0.2) is 8.78 Å². The van der Waals surface area contributed by atoms with E-state index >= 15 is 0 Å². The Labute approximate surface area is 123 Å². The summed E-state index contributed by atoms with van der Waals surface area (Å²) < 4.78 is 26.1. The highest BCUT2D eigenvalue weighted by Crippen LogP contribution is 2.43. The maximum atomic E-state index is 13.2. The summed E-state index contributed by atoms with van der Waals surface area (Å²) in [6.45, 7) is 1.87. The van der Waals surface area contributed by atoms with Gasteiger partial charge in [0.2, 0.25) is 5.91 Å². The standard InChI is InChI=1S/C16H20F2N2O/c17-13-5-4-11(7-14(13)18)8-20-15(21)16-6-2-1-3-12(16)9-19-10-16/h4-5,7,12,19H,1-3,6,8-10H2,(H,20,21)/t12-,16+/m0/s1. The first-order valence-corrected chi connectivity index (χ1v) is 7.55. The summed E-state index contributed by atoms with van der Waals surface area (Å²) in [5.41, 5.74) is 0.272. The number of hydrogen-bond donors (Lipinski definition) is 2. The van der Waals surface area contributed by atoms with Crippen LogP contribution in [0.25, 0.3) is 0 Å². The molecule has 1 saturated carbocycles. The number of amides is 1. The Hall–Kier alpha value is -1.49. The van der Waals surface area contributed by atoms with Crippen LogP contribution < -0.4 is 10.6 Å². The minimum Gasteiger partial charge on any atom is -0.351 e. The first-order valence-electron chi connectivity index (χ1n) is 7.55. The lowest BCUT2D eigenvalue weighted by Crippen LogP contribution is -2.47. The zero-order valence-electron chi connectivity index (χ0n) is 11.9.